The molecule has 80 valence electrons. The summed E-state index contributed by atoms with van der Waals surface area (Å²) in [6.45, 7) is 1.58. The quantitative estimate of drug-likeness (QED) is 0.667. The Kier molecular flexibility index (Phi) is 4.15. The van der Waals surface area contributed by atoms with Crippen molar-refractivity contribution in [1.29, 1.82) is 0 Å². The van der Waals surface area contributed by atoms with Gasteiger partial charge in [0.1, 0.15) is 0 Å². The number of rotatable bonds is 5. The van der Waals surface area contributed by atoms with Crippen molar-refractivity contribution in [3.05, 3.63) is 0 Å². The third-order valence-corrected chi connectivity index (χ3v) is 3.27. The molecule has 0 bridgehead atoms. The van der Waals surface area contributed by atoms with Gasteiger partial charge in [-0.15, -0.1) is 0 Å². The van der Waals surface area contributed by atoms with Gasteiger partial charge in [-0.3, -0.25) is 0 Å². The molecule has 0 N–H and O–H groups in total. The summed E-state index contributed by atoms with van der Waals surface area (Å²) in [5.41, 5.74) is 0. The Morgan fingerprint density at radius 2 is 1.77 bits per heavy atom. The van der Waals surface area contributed by atoms with Crippen molar-refractivity contribution in [2.45, 2.75) is 31.4 Å². The molecule has 0 atom stereocenters. The molecule has 0 aromatic carbocycles. The fraction of sp³-hybridized carbons (Fsp3) is 1.00. The first-order valence-electron chi connectivity index (χ1n) is 3.64. The van der Waals surface area contributed by atoms with E-state index in [-0.39, 0.29) is 6.42 Å². The van der Waals surface area contributed by atoms with E-state index in [1.165, 1.54) is 0 Å². The Labute approximate surface area is 73.9 Å². The van der Waals surface area contributed by atoms with E-state index < -0.39 is 27.3 Å². The summed E-state index contributed by atoms with van der Waals surface area (Å²) < 4.78 is 69.1. The molecule has 0 radical (unpaired) electrons. The number of halogens is 4. The maximum Gasteiger partial charge on any atom is 0.404 e. The average Bonchev–Trinajstić information content (AvgIpc) is 2.00. The lowest BCUT2D eigenvalue weighted by Crippen LogP contribution is -2.38. The van der Waals surface area contributed by atoms with E-state index in [0.717, 1.165) is 0 Å². The van der Waals surface area contributed by atoms with Crippen LogP contribution in [0.2, 0.25) is 0 Å². The van der Waals surface area contributed by atoms with Crippen LogP contribution in [0, 0.1) is 0 Å². The van der Waals surface area contributed by atoms with Crippen LogP contribution in [0.15, 0.2) is 0 Å². The van der Waals surface area contributed by atoms with Gasteiger partial charge in [0.25, 0.3) is 0 Å². The first-order valence-corrected chi connectivity index (χ1v) is 5.29. The minimum Gasteiger partial charge on any atom is -0.222 e. The van der Waals surface area contributed by atoms with Crippen molar-refractivity contribution >= 4 is 9.84 Å². The highest BCUT2D eigenvalue weighted by Gasteiger charge is 2.53. The molecule has 7 heteroatoms. The predicted molar refractivity (Wildman–Crippen MR) is 39.6 cm³/mol. The number of hydrogen-bond donors (Lipinski definition) is 0. The molecule has 0 aromatic heterocycles. The second kappa shape index (κ2) is 4.26. The lowest BCUT2D eigenvalue weighted by molar-refractivity contribution is -0.0636. The minimum absolute atomic E-state index is 0.0371. The smallest absolute Gasteiger partial charge is 0.222 e. The third kappa shape index (κ3) is 2.82. The highest BCUT2D eigenvalue weighted by molar-refractivity contribution is 7.92. The van der Waals surface area contributed by atoms with Gasteiger partial charge in [0, 0.05) is 0 Å². The lowest BCUT2D eigenvalue weighted by Gasteiger charge is -2.15. The average molecular weight is 222 g/mol. The van der Waals surface area contributed by atoms with Gasteiger partial charge < -0.3 is 0 Å². The monoisotopic (exact) mass is 222 g/mol. The van der Waals surface area contributed by atoms with Gasteiger partial charge in [0.15, 0.2) is 0 Å². The predicted octanol–water partition coefficient (Wildman–Crippen LogP) is 2.06. The van der Waals surface area contributed by atoms with E-state index in [0.29, 0.717) is 6.42 Å². The number of alkyl halides is 4. The molecule has 0 saturated carbocycles. The summed E-state index contributed by atoms with van der Waals surface area (Å²) in [6, 6.07) is 0. The van der Waals surface area contributed by atoms with E-state index in [9.17, 15) is 26.0 Å². The molecule has 0 amide bonds. The van der Waals surface area contributed by atoms with Gasteiger partial charge in [-0.25, -0.2) is 17.2 Å². The molecule has 2 nitrogen and oxygen atoms in total. The standard InChI is InChI=1S/C6H10F4O2S/c1-2-3-4-13(11,12)6(9,10)5(7)8/h5H,2-4H2,1H3. The Balaban J connectivity index is 4.63. The summed E-state index contributed by atoms with van der Waals surface area (Å²) >= 11 is 0. The first-order chi connectivity index (χ1) is 5.75. The van der Waals surface area contributed by atoms with Crippen LogP contribution in [0.5, 0.6) is 0 Å². The van der Waals surface area contributed by atoms with Crippen LogP contribution in [0.4, 0.5) is 17.6 Å². The van der Waals surface area contributed by atoms with E-state index in [1.54, 1.807) is 6.92 Å². The van der Waals surface area contributed by atoms with Crippen molar-refractivity contribution in [2.24, 2.45) is 0 Å². The molecule has 13 heavy (non-hydrogen) atoms. The van der Waals surface area contributed by atoms with Gasteiger partial charge in [-0.05, 0) is 6.42 Å². The van der Waals surface area contributed by atoms with Crippen LogP contribution in [0.25, 0.3) is 0 Å². The van der Waals surface area contributed by atoms with Crippen LogP contribution in [0.3, 0.4) is 0 Å². The summed E-state index contributed by atoms with van der Waals surface area (Å²) in [4.78, 5) is 0. The Morgan fingerprint density at radius 3 is 2.08 bits per heavy atom. The van der Waals surface area contributed by atoms with E-state index in [2.05, 4.69) is 0 Å². The molecule has 0 fully saturated rings. The summed E-state index contributed by atoms with van der Waals surface area (Å²) in [5.74, 6) is -0.902. The molecule has 0 aliphatic heterocycles. The second-order valence-corrected chi connectivity index (χ2v) is 4.72. The first kappa shape index (κ1) is 12.7. The van der Waals surface area contributed by atoms with Crippen molar-refractivity contribution in [2.75, 3.05) is 5.75 Å². The molecular formula is C6H10F4O2S. The van der Waals surface area contributed by atoms with Crippen LogP contribution < -0.4 is 0 Å². The summed E-state index contributed by atoms with van der Waals surface area (Å²) in [7, 11) is -5.00. The summed E-state index contributed by atoms with van der Waals surface area (Å²) in [5, 5.41) is -4.91. The van der Waals surface area contributed by atoms with Crippen molar-refractivity contribution < 1.29 is 26.0 Å². The number of unbranched alkanes of at least 4 members (excludes halogenated alkanes) is 1. The van der Waals surface area contributed by atoms with Gasteiger partial charge in [-0.1, -0.05) is 13.3 Å². The van der Waals surface area contributed by atoms with Gasteiger partial charge >= 0.3 is 11.7 Å². The molecule has 0 aliphatic carbocycles. The molecule has 0 aliphatic rings. The zero-order valence-corrected chi connectivity index (χ0v) is 7.75. The maximum atomic E-state index is 12.3. The Hall–Kier alpha value is -0.330. The molecular weight excluding hydrogens is 212 g/mol. The van der Waals surface area contributed by atoms with E-state index in [1.807, 2.05) is 0 Å². The molecule has 0 aromatic rings. The Morgan fingerprint density at radius 1 is 1.31 bits per heavy atom. The van der Waals surface area contributed by atoms with Gasteiger partial charge in [0.2, 0.25) is 9.84 Å². The minimum atomic E-state index is -5.00. The number of hydrogen-bond acceptors (Lipinski definition) is 2. The maximum absolute atomic E-state index is 12.3. The second-order valence-electron chi connectivity index (χ2n) is 2.53. The highest BCUT2D eigenvalue weighted by atomic mass is 32.2. The fourth-order valence-electron chi connectivity index (χ4n) is 0.606. The third-order valence-electron chi connectivity index (χ3n) is 1.44. The van der Waals surface area contributed by atoms with E-state index in [4.69, 9.17) is 0 Å². The zero-order chi connectivity index (χ0) is 10.7. The molecule has 0 unspecified atom stereocenters. The SMILES string of the molecule is CCCCS(=O)(=O)C(F)(F)C(F)F. The van der Waals surface area contributed by atoms with Crippen LogP contribution in [0.1, 0.15) is 19.8 Å². The van der Waals surface area contributed by atoms with E-state index >= 15 is 0 Å². The number of sulfone groups is 1. The molecule has 0 rings (SSSR count). The molecule has 0 heterocycles. The Bertz CT molecular complexity index is 247. The molecule has 0 spiro atoms. The topological polar surface area (TPSA) is 34.1 Å². The normalized spacial score (nSPS) is 13.7. The molecule has 0 saturated heterocycles. The van der Waals surface area contributed by atoms with Crippen molar-refractivity contribution in [1.82, 2.24) is 0 Å². The fourth-order valence-corrected chi connectivity index (χ4v) is 1.82. The van der Waals surface area contributed by atoms with Crippen LogP contribution in [-0.4, -0.2) is 25.9 Å². The zero-order valence-electron chi connectivity index (χ0n) is 6.94. The van der Waals surface area contributed by atoms with Gasteiger partial charge in [0.05, 0.1) is 5.75 Å². The summed E-state index contributed by atoms with van der Waals surface area (Å²) in [6.07, 6.45) is -3.84. The van der Waals surface area contributed by atoms with Crippen molar-refractivity contribution in [3.8, 4) is 0 Å². The highest BCUT2D eigenvalue weighted by Crippen LogP contribution is 2.30. The van der Waals surface area contributed by atoms with Crippen LogP contribution in [-0.2, 0) is 9.84 Å². The lowest BCUT2D eigenvalue weighted by atomic mass is 10.4. The van der Waals surface area contributed by atoms with Gasteiger partial charge in [-0.2, -0.15) is 8.78 Å². The van der Waals surface area contributed by atoms with Crippen LogP contribution >= 0.6 is 0 Å². The largest absolute Gasteiger partial charge is 0.404 e. The van der Waals surface area contributed by atoms with Crippen molar-refractivity contribution in [3.63, 3.8) is 0 Å².